The average molecular weight is 408 g/mol. The molecule has 156 valence electrons. The molecule has 2 fully saturated rings. The van der Waals surface area contributed by atoms with Gasteiger partial charge in [-0.15, -0.1) is 0 Å². The highest BCUT2D eigenvalue weighted by Gasteiger charge is 2.28. The molecule has 2 aliphatic rings. The lowest BCUT2D eigenvalue weighted by atomic mass is 10.1. The number of rotatable bonds is 6. The second-order valence-corrected chi connectivity index (χ2v) is 9.88. The van der Waals surface area contributed by atoms with Crippen LogP contribution in [0, 0.1) is 0 Å². The first-order valence-corrected chi connectivity index (χ1v) is 12.0. The third kappa shape index (κ3) is 5.93. The Labute approximate surface area is 169 Å². The number of nitrogens with one attached hydrogen (secondary N) is 2. The molecule has 1 aromatic rings. The molecule has 0 bridgehead atoms. The molecule has 8 heteroatoms. The molecule has 28 heavy (non-hydrogen) atoms. The monoisotopic (exact) mass is 407 g/mol. The first kappa shape index (κ1) is 21.1. The van der Waals surface area contributed by atoms with Crippen molar-refractivity contribution < 1.29 is 8.42 Å². The van der Waals surface area contributed by atoms with Crippen molar-refractivity contribution in [1.29, 1.82) is 0 Å². The summed E-state index contributed by atoms with van der Waals surface area (Å²) < 4.78 is 23.3. The zero-order valence-electron chi connectivity index (χ0n) is 17.0. The molecule has 2 saturated heterocycles. The smallest absolute Gasteiger partial charge is 0.191 e. The summed E-state index contributed by atoms with van der Waals surface area (Å²) in [5, 5.41) is 6.60. The van der Waals surface area contributed by atoms with E-state index in [-0.39, 0.29) is 17.5 Å². The highest BCUT2D eigenvalue weighted by Crippen LogP contribution is 2.14. The molecule has 7 nitrogen and oxygen atoms in total. The van der Waals surface area contributed by atoms with Gasteiger partial charge in [0.05, 0.1) is 11.5 Å². The summed E-state index contributed by atoms with van der Waals surface area (Å²) in [5.41, 5.74) is 2.58. The number of nitrogens with zero attached hydrogens (tertiary/aromatic N) is 3. The molecule has 0 aliphatic carbocycles. The van der Waals surface area contributed by atoms with E-state index in [4.69, 9.17) is 0 Å². The molecular weight excluding hydrogens is 374 g/mol. The Morgan fingerprint density at radius 2 is 1.82 bits per heavy atom. The van der Waals surface area contributed by atoms with Crippen LogP contribution in [-0.2, 0) is 22.9 Å². The van der Waals surface area contributed by atoms with E-state index in [1.54, 1.807) is 7.05 Å². The van der Waals surface area contributed by atoms with Crippen LogP contribution in [0.1, 0.15) is 24.5 Å². The number of hydrogen-bond acceptors (Lipinski definition) is 5. The maximum Gasteiger partial charge on any atom is 0.191 e. The minimum Gasteiger partial charge on any atom is -0.353 e. The van der Waals surface area contributed by atoms with Crippen molar-refractivity contribution in [3.05, 3.63) is 35.4 Å². The summed E-state index contributed by atoms with van der Waals surface area (Å²) in [5.74, 6) is 1.11. The van der Waals surface area contributed by atoms with Crippen LogP contribution in [-0.4, -0.2) is 81.5 Å². The van der Waals surface area contributed by atoms with Gasteiger partial charge in [0.1, 0.15) is 0 Å². The largest absolute Gasteiger partial charge is 0.353 e. The van der Waals surface area contributed by atoms with E-state index in [0.717, 1.165) is 39.3 Å². The van der Waals surface area contributed by atoms with Crippen molar-refractivity contribution in [3.8, 4) is 0 Å². The maximum absolute atomic E-state index is 11.7. The van der Waals surface area contributed by atoms with Gasteiger partial charge in [-0.2, -0.15) is 0 Å². The minimum absolute atomic E-state index is 0.0543. The number of guanidine groups is 1. The lowest BCUT2D eigenvalue weighted by Crippen LogP contribution is -2.46. The van der Waals surface area contributed by atoms with Crippen LogP contribution in [0.4, 0.5) is 0 Å². The highest BCUT2D eigenvalue weighted by atomic mass is 32.2. The van der Waals surface area contributed by atoms with Crippen molar-refractivity contribution in [1.82, 2.24) is 20.4 Å². The number of likely N-dealkylation sites (N-methyl/N-ethyl adjacent to an activating group) is 1. The fourth-order valence-corrected chi connectivity index (χ4v) is 5.54. The van der Waals surface area contributed by atoms with E-state index >= 15 is 0 Å². The van der Waals surface area contributed by atoms with E-state index in [1.807, 2.05) is 0 Å². The third-order valence-corrected chi connectivity index (χ3v) is 7.44. The van der Waals surface area contributed by atoms with Gasteiger partial charge in [-0.1, -0.05) is 31.2 Å². The molecule has 2 aliphatic heterocycles. The van der Waals surface area contributed by atoms with Gasteiger partial charge in [0, 0.05) is 52.4 Å². The Kier molecular flexibility index (Phi) is 7.31. The molecule has 3 rings (SSSR count). The molecule has 2 heterocycles. The average Bonchev–Trinajstić information content (AvgIpc) is 3.05. The minimum atomic E-state index is -2.90. The summed E-state index contributed by atoms with van der Waals surface area (Å²) in [6.07, 6.45) is 0.642. The molecule has 1 unspecified atom stereocenters. The molecule has 0 amide bonds. The Morgan fingerprint density at radius 1 is 1.14 bits per heavy atom. The molecule has 0 radical (unpaired) electrons. The molecule has 0 spiro atoms. The molecular formula is C20H33N5O2S. The van der Waals surface area contributed by atoms with Crippen LogP contribution in [0.3, 0.4) is 0 Å². The van der Waals surface area contributed by atoms with Gasteiger partial charge in [-0.05, 0) is 24.1 Å². The Bertz CT molecular complexity index is 773. The van der Waals surface area contributed by atoms with Gasteiger partial charge in [0.15, 0.2) is 15.8 Å². The predicted molar refractivity (Wildman–Crippen MR) is 114 cm³/mol. The fourth-order valence-electron chi connectivity index (χ4n) is 3.86. The van der Waals surface area contributed by atoms with Crippen molar-refractivity contribution in [2.45, 2.75) is 32.5 Å². The SMILES string of the molecule is CCN1CCN(Cc2ccccc2CNC(=NC)NC2CCS(=O)(=O)C2)CC1. The summed E-state index contributed by atoms with van der Waals surface area (Å²) in [6.45, 7) is 9.47. The standard InChI is InChI=1S/C20H33N5O2S/c1-3-24-9-11-25(12-10-24)15-18-7-5-4-6-17(18)14-22-20(21-2)23-19-8-13-28(26,27)16-19/h4-7,19H,3,8-16H2,1-2H3,(H2,21,22,23). The topological polar surface area (TPSA) is 77.0 Å². The van der Waals surface area contributed by atoms with Gasteiger partial charge < -0.3 is 15.5 Å². The predicted octanol–water partition coefficient (Wildman–Crippen LogP) is 0.676. The molecule has 0 aromatic heterocycles. The van der Waals surface area contributed by atoms with Crippen LogP contribution in [0.15, 0.2) is 29.3 Å². The van der Waals surface area contributed by atoms with Crippen molar-refractivity contribution in [3.63, 3.8) is 0 Å². The maximum atomic E-state index is 11.7. The number of piperazine rings is 1. The van der Waals surface area contributed by atoms with Crippen molar-refractivity contribution in [2.75, 3.05) is 51.3 Å². The normalized spacial score (nSPS) is 23.6. The highest BCUT2D eigenvalue weighted by molar-refractivity contribution is 7.91. The lowest BCUT2D eigenvalue weighted by molar-refractivity contribution is 0.131. The quantitative estimate of drug-likeness (QED) is 0.533. The van der Waals surface area contributed by atoms with E-state index in [9.17, 15) is 8.42 Å². The molecule has 2 N–H and O–H groups in total. The van der Waals surface area contributed by atoms with Gasteiger partial charge in [-0.3, -0.25) is 9.89 Å². The zero-order valence-corrected chi connectivity index (χ0v) is 17.8. The number of benzene rings is 1. The second-order valence-electron chi connectivity index (χ2n) is 7.65. The van der Waals surface area contributed by atoms with Gasteiger partial charge in [-0.25, -0.2) is 8.42 Å². The Hall–Kier alpha value is -1.64. The first-order chi connectivity index (χ1) is 13.5. The Morgan fingerprint density at radius 3 is 2.43 bits per heavy atom. The number of hydrogen-bond donors (Lipinski definition) is 2. The number of sulfone groups is 1. The van der Waals surface area contributed by atoms with E-state index in [1.165, 1.54) is 11.1 Å². The molecule has 1 atom stereocenters. The van der Waals surface area contributed by atoms with Gasteiger partial charge >= 0.3 is 0 Å². The summed E-state index contributed by atoms with van der Waals surface area (Å²) >= 11 is 0. The van der Waals surface area contributed by atoms with Crippen LogP contribution < -0.4 is 10.6 Å². The van der Waals surface area contributed by atoms with E-state index < -0.39 is 9.84 Å². The molecule has 1 aromatic carbocycles. The number of aliphatic imine (C=N–C) groups is 1. The Balaban J connectivity index is 1.54. The summed E-state index contributed by atoms with van der Waals surface area (Å²) in [7, 11) is -1.18. The van der Waals surface area contributed by atoms with Crippen molar-refractivity contribution >= 4 is 15.8 Å². The molecule has 0 saturated carbocycles. The second kappa shape index (κ2) is 9.71. The lowest BCUT2D eigenvalue weighted by Gasteiger charge is -2.34. The van der Waals surface area contributed by atoms with Crippen LogP contribution in [0.2, 0.25) is 0 Å². The van der Waals surface area contributed by atoms with Crippen molar-refractivity contribution in [2.24, 2.45) is 4.99 Å². The van der Waals surface area contributed by atoms with Gasteiger partial charge in [0.2, 0.25) is 0 Å². The third-order valence-electron chi connectivity index (χ3n) is 5.67. The van der Waals surface area contributed by atoms with Gasteiger partial charge in [0.25, 0.3) is 0 Å². The van der Waals surface area contributed by atoms with E-state index in [0.29, 0.717) is 18.9 Å². The zero-order chi connectivity index (χ0) is 20.0. The summed E-state index contributed by atoms with van der Waals surface area (Å²) in [4.78, 5) is 9.27. The van der Waals surface area contributed by atoms with Crippen LogP contribution in [0.5, 0.6) is 0 Å². The van der Waals surface area contributed by atoms with Crippen LogP contribution >= 0.6 is 0 Å². The summed E-state index contributed by atoms with van der Waals surface area (Å²) in [6, 6.07) is 8.45. The van der Waals surface area contributed by atoms with E-state index in [2.05, 4.69) is 56.6 Å². The first-order valence-electron chi connectivity index (χ1n) is 10.2. The fraction of sp³-hybridized carbons (Fsp3) is 0.650. The van der Waals surface area contributed by atoms with Crippen LogP contribution in [0.25, 0.3) is 0 Å².